The first kappa shape index (κ1) is 24.2. The summed E-state index contributed by atoms with van der Waals surface area (Å²) in [6.07, 6.45) is 0.815. The summed E-state index contributed by atoms with van der Waals surface area (Å²) in [6, 6.07) is 17.1. The van der Waals surface area contributed by atoms with Gasteiger partial charge in [-0.15, -0.1) is 0 Å². The van der Waals surface area contributed by atoms with Gasteiger partial charge in [-0.25, -0.2) is 9.78 Å². The van der Waals surface area contributed by atoms with Gasteiger partial charge in [0.1, 0.15) is 22.9 Å². The molecule has 0 spiro atoms. The normalized spacial score (nSPS) is 13.4. The van der Waals surface area contributed by atoms with Crippen LogP contribution >= 0.6 is 0 Å². The molecule has 8 nitrogen and oxygen atoms in total. The van der Waals surface area contributed by atoms with Crippen molar-refractivity contribution in [2.45, 2.75) is 20.3 Å². The Hall–Kier alpha value is -3.94. The molecule has 184 valence electrons. The number of nitrogens with one attached hydrogen (secondary N) is 1. The van der Waals surface area contributed by atoms with Gasteiger partial charge in [-0.3, -0.25) is 0 Å². The Kier molecular flexibility index (Phi) is 7.60. The van der Waals surface area contributed by atoms with E-state index in [0.29, 0.717) is 43.5 Å². The minimum Gasteiger partial charge on any atom is -0.497 e. The number of carbonyl (C=O) groups is 1. The number of ether oxygens (including phenoxy) is 3. The Bertz CT molecular complexity index is 1140. The Labute approximate surface area is 206 Å². The topological polar surface area (TPSA) is 76.2 Å². The monoisotopic (exact) mass is 476 g/mol. The second-order valence-corrected chi connectivity index (χ2v) is 8.33. The average molecular weight is 477 g/mol. The van der Waals surface area contributed by atoms with E-state index in [2.05, 4.69) is 22.1 Å². The summed E-state index contributed by atoms with van der Waals surface area (Å²) in [5.41, 5.74) is 3.53. The molecule has 1 N–H and O–H groups in total. The fourth-order valence-electron chi connectivity index (χ4n) is 4.09. The van der Waals surface area contributed by atoms with E-state index in [1.807, 2.05) is 66.4 Å². The van der Waals surface area contributed by atoms with Gasteiger partial charge in [-0.05, 0) is 37.1 Å². The lowest BCUT2D eigenvalue weighted by Crippen LogP contribution is -2.50. The summed E-state index contributed by atoms with van der Waals surface area (Å²) in [6.45, 7) is 6.59. The molecule has 0 radical (unpaired) electrons. The first-order valence-corrected chi connectivity index (χ1v) is 11.8. The third-order valence-electron chi connectivity index (χ3n) is 6.13. The van der Waals surface area contributed by atoms with E-state index < -0.39 is 0 Å². The van der Waals surface area contributed by atoms with Crippen molar-refractivity contribution in [3.05, 3.63) is 65.9 Å². The third kappa shape index (κ3) is 5.77. The minimum absolute atomic E-state index is 0.168. The number of nitrogens with zero attached hydrogens (tertiary/aromatic N) is 3. The molecular weight excluding hydrogens is 444 g/mol. The highest BCUT2D eigenvalue weighted by atomic mass is 16.5. The number of methoxy groups -OCH3 is 2. The van der Waals surface area contributed by atoms with Crippen LogP contribution < -0.4 is 24.4 Å². The summed E-state index contributed by atoms with van der Waals surface area (Å²) in [7, 11) is 3.28. The molecule has 3 aromatic rings. The van der Waals surface area contributed by atoms with E-state index in [1.165, 1.54) is 0 Å². The average Bonchev–Trinajstić information content (AvgIpc) is 2.90. The van der Waals surface area contributed by atoms with Crippen molar-refractivity contribution in [1.29, 1.82) is 0 Å². The van der Waals surface area contributed by atoms with Crippen LogP contribution in [0, 0.1) is 6.92 Å². The minimum atomic E-state index is -0.168. The molecule has 0 atom stereocenters. The maximum absolute atomic E-state index is 13.2. The molecule has 0 bridgehead atoms. The smallest absolute Gasteiger partial charge is 0.322 e. The van der Waals surface area contributed by atoms with Crippen LogP contribution in [0.25, 0.3) is 0 Å². The van der Waals surface area contributed by atoms with Crippen molar-refractivity contribution in [3.63, 3.8) is 0 Å². The van der Waals surface area contributed by atoms with Gasteiger partial charge in [-0.1, -0.05) is 25.1 Å². The summed E-state index contributed by atoms with van der Waals surface area (Å²) >= 11 is 0. The van der Waals surface area contributed by atoms with E-state index in [9.17, 15) is 4.79 Å². The van der Waals surface area contributed by atoms with Crippen LogP contribution in [-0.2, 0) is 6.42 Å². The highest BCUT2D eigenvalue weighted by Crippen LogP contribution is 2.31. The molecule has 1 fully saturated rings. The van der Waals surface area contributed by atoms with Crippen LogP contribution in [0.3, 0.4) is 0 Å². The number of aromatic nitrogens is 1. The first-order chi connectivity index (χ1) is 17.0. The second-order valence-electron chi connectivity index (χ2n) is 8.33. The van der Waals surface area contributed by atoms with Gasteiger partial charge >= 0.3 is 6.03 Å². The van der Waals surface area contributed by atoms with E-state index in [-0.39, 0.29) is 6.03 Å². The number of rotatable bonds is 7. The zero-order chi connectivity index (χ0) is 24.8. The Morgan fingerprint density at radius 3 is 2.20 bits per heavy atom. The number of aryl methyl sites for hydroxylation is 2. The summed E-state index contributed by atoms with van der Waals surface area (Å²) in [5, 5.41) is 3.03. The van der Waals surface area contributed by atoms with E-state index in [0.717, 1.165) is 34.9 Å². The van der Waals surface area contributed by atoms with Gasteiger partial charge in [0.15, 0.2) is 0 Å². The van der Waals surface area contributed by atoms with Crippen molar-refractivity contribution < 1.29 is 19.0 Å². The van der Waals surface area contributed by atoms with Gasteiger partial charge in [0.25, 0.3) is 0 Å². The van der Waals surface area contributed by atoms with Crippen LogP contribution in [0.15, 0.2) is 54.6 Å². The number of urea groups is 1. The number of pyridine rings is 1. The number of para-hydroxylation sites is 1. The van der Waals surface area contributed by atoms with E-state index in [4.69, 9.17) is 14.2 Å². The van der Waals surface area contributed by atoms with Crippen molar-refractivity contribution in [3.8, 4) is 23.1 Å². The number of hydrogen-bond acceptors (Lipinski definition) is 6. The van der Waals surface area contributed by atoms with Gasteiger partial charge in [-0.2, -0.15) is 0 Å². The maximum Gasteiger partial charge on any atom is 0.322 e. The fraction of sp³-hybridized carbons (Fsp3) is 0.333. The van der Waals surface area contributed by atoms with Crippen LogP contribution in [0.2, 0.25) is 0 Å². The fourth-order valence-corrected chi connectivity index (χ4v) is 4.09. The molecule has 2 heterocycles. The van der Waals surface area contributed by atoms with Crippen molar-refractivity contribution in [1.82, 2.24) is 9.88 Å². The first-order valence-electron chi connectivity index (χ1n) is 11.8. The van der Waals surface area contributed by atoms with Crippen molar-refractivity contribution >= 4 is 17.4 Å². The Morgan fingerprint density at radius 1 is 0.943 bits per heavy atom. The van der Waals surface area contributed by atoms with Crippen LogP contribution in [0.5, 0.6) is 23.1 Å². The number of benzene rings is 2. The molecule has 0 saturated carbocycles. The lowest BCUT2D eigenvalue weighted by molar-refractivity contribution is 0.208. The molecule has 1 saturated heterocycles. The lowest BCUT2D eigenvalue weighted by atomic mass is 10.1. The van der Waals surface area contributed by atoms with Crippen LogP contribution in [0.4, 0.5) is 16.2 Å². The molecule has 1 aliphatic rings. The molecule has 8 heteroatoms. The zero-order valence-electron chi connectivity index (χ0n) is 20.7. The number of anilines is 2. The summed E-state index contributed by atoms with van der Waals surface area (Å²) in [5.74, 6) is 2.54. The van der Waals surface area contributed by atoms with Crippen molar-refractivity contribution in [2.24, 2.45) is 0 Å². The molecule has 35 heavy (non-hydrogen) atoms. The molecule has 2 amide bonds. The number of hydrogen-bond donors (Lipinski definition) is 1. The summed E-state index contributed by atoms with van der Waals surface area (Å²) < 4.78 is 16.8. The Balaban J connectivity index is 1.46. The quantitative estimate of drug-likeness (QED) is 0.510. The maximum atomic E-state index is 13.2. The highest BCUT2D eigenvalue weighted by molar-refractivity contribution is 5.91. The number of amides is 2. The Morgan fingerprint density at radius 2 is 1.60 bits per heavy atom. The van der Waals surface area contributed by atoms with E-state index in [1.54, 1.807) is 14.2 Å². The number of piperazine rings is 1. The van der Waals surface area contributed by atoms with Crippen molar-refractivity contribution in [2.75, 3.05) is 50.6 Å². The second kappa shape index (κ2) is 11.0. The largest absolute Gasteiger partial charge is 0.497 e. The molecule has 2 aromatic carbocycles. The molecule has 0 aliphatic carbocycles. The molecular formula is C27H32N4O4. The highest BCUT2D eigenvalue weighted by Gasteiger charge is 2.24. The number of carbonyl (C=O) groups excluding carboxylic acids is 1. The van der Waals surface area contributed by atoms with Crippen LogP contribution in [0.1, 0.15) is 18.2 Å². The standard InChI is InChI=1S/C27H32N4O4/c1-5-20-15-25(26(28-19(20)2)35-22-9-7-6-8-10-22)29-27(32)31-13-11-30(12-14-31)21-16-23(33-3)18-24(17-21)34-4/h6-10,15-18H,5,11-14H2,1-4H3,(H,29,32). The predicted molar refractivity (Wildman–Crippen MR) is 137 cm³/mol. The third-order valence-corrected chi connectivity index (χ3v) is 6.13. The lowest BCUT2D eigenvalue weighted by Gasteiger charge is -2.36. The summed E-state index contributed by atoms with van der Waals surface area (Å²) in [4.78, 5) is 21.8. The van der Waals surface area contributed by atoms with Gasteiger partial charge in [0.2, 0.25) is 5.88 Å². The molecule has 0 unspecified atom stereocenters. The molecule has 1 aromatic heterocycles. The van der Waals surface area contributed by atoms with Crippen LogP contribution in [-0.4, -0.2) is 56.3 Å². The predicted octanol–water partition coefficient (Wildman–Crippen LogP) is 5.12. The van der Waals surface area contributed by atoms with E-state index >= 15 is 0 Å². The van der Waals surface area contributed by atoms with Gasteiger partial charge in [0, 0.05) is 55.8 Å². The molecule has 4 rings (SSSR count). The molecule has 1 aliphatic heterocycles. The van der Waals surface area contributed by atoms with Gasteiger partial charge < -0.3 is 29.3 Å². The van der Waals surface area contributed by atoms with Gasteiger partial charge in [0.05, 0.1) is 14.2 Å². The SMILES string of the molecule is CCc1cc(NC(=O)N2CCN(c3cc(OC)cc(OC)c3)CC2)c(Oc2ccccc2)nc1C. The zero-order valence-corrected chi connectivity index (χ0v) is 20.7.